The molecule has 0 aliphatic carbocycles. The minimum atomic E-state index is -3.75. The maximum atomic E-state index is 12.0. The quantitative estimate of drug-likeness (QED) is 0.196. The molecule has 0 bridgehead atoms. The Kier molecular flexibility index (Phi) is 18.8. The third kappa shape index (κ3) is 17.1. The van der Waals surface area contributed by atoms with Crippen LogP contribution < -0.4 is 25.9 Å². The van der Waals surface area contributed by atoms with Gasteiger partial charge in [0, 0.05) is 12.1 Å². The third-order valence-electron chi connectivity index (χ3n) is 6.56. The summed E-state index contributed by atoms with van der Waals surface area (Å²) in [5.74, 6) is 0. The standard InChI is InChI=1S/C12H20N2O3S2.C12H18N2O3S2.C8H12N2O2S.ClH/c2*1-9(14-18(15)12(2,3)4)10-6-5-7-11(8-10)19(13,16)17;1-6(9)7-3-2-4-8(5-7)13(10,11)12;/h5-9,14H,1-4H3,(H2,13,16,17);5-8H,1-4H3,(H2,13,16,17);2-6H,9H2,1H3,(H2,10,11,12);1H/t9-,18-;18-;6-;/m000./s1. The summed E-state index contributed by atoms with van der Waals surface area (Å²) in [4.78, 5) is 0.170. The van der Waals surface area contributed by atoms with Gasteiger partial charge >= 0.3 is 0 Å². The minimum Gasteiger partial charge on any atom is -0.324 e. The predicted molar refractivity (Wildman–Crippen MR) is 213 cm³/mol. The van der Waals surface area contributed by atoms with Crippen LogP contribution in [0.2, 0.25) is 0 Å². The molecule has 9 N–H and O–H groups in total. The highest BCUT2D eigenvalue weighted by atomic mass is 35.5. The normalized spacial score (nSPS) is 15.0. The highest BCUT2D eigenvalue weighted by Crippen LogP contribution is 2.20. The molecule has 3 aromatic carbocycles. The molecule has 14 nitrogen and oxygen atoms in total. The van der Waals surface area contributed by atoms with E-state index in [1.165, 1.54) is 36.4 Å². The fourth-order valence-electron chi connectivity index (χ4n) is 3.55. The number of benzene rings is 3. The lowest BCUT2D eigenvalue weighted by Crippen LogP contribution is -2.34. The van der Waals surface area contributed by atoms with Crippen LogP contribution in [0, 0.1) is 0 Å². The van der Waals surface area contributed by atoms with E-state index >= 15 is 0 Å². The predicted octanol–water partition coefficient (Wildman–Crippen LogP) is 3.83. The minimum absolute atomic E-state index is 0. The van der Waals surface area contributed by atoms with Crippen molar-refractivity contribution in [1.29, 1.82) is 0 Å². The van der Waals surface area contributed by atoms with Crippen LogP contribution >= 0.6 is 12.4 Å². The molecule has 3 rings (SSSR count). The van der Waals surface area contributed by atoms with Crippen molar-refractivity contribution in [2.24, 2.45) is 25.5 Å². The van der Waals surface area contributed by atoms with Crippen LogP contribution in [0.15, 0.2) is 91.9 Å². The fraction of sp³-hybridized carbons (Fsp3) is 0.406. The van der Waals surface area contributed by atoms with Crippen LogP contribution in [-0.2, 0) is 52.0 Å². The number of halogens is 1. The molecule has 0 amide bonds. The zero-order chi connectivity index (χ0) is 39.8. The topological polar surface area (TPSA) is 265 Å². The molecule has 0 unspecified atom stereocenters. The van der Waals surface area contributed by atoms with Crippen LogP contribution in [0.1, 0.15) is 91.1 Å². The van der Waals surface area contributed by atoms with E-state index < -0.39 is 56.8 Å². The van der Waals surface area contributed by atoms with Crippen LogP contribution in [0.3, 0.4) is 0 Å². The summed E-state index contributed by atoms with van der Waals surface area (Å²) >= 11 is 0. The summed E-state index contributed by atoms with van der Waals surface area (Å²) < 4.78 is 97.1. The molecule has 3 aromatic rings. The van der Waals surface area contributed by atoms with Gasteiger partial charge in [0.15, 0.2) is 0 Å². The van der Waals surface area contributed by atoms with Crippen molar-refractivity contribution in [1.82, 2.24) is 4.72 Å². The summed E-state index contributed by atoms with van der Waals surface area (Å²) in [5, 5.41) is 15.1. The second kappa shape index (κ2) is 19.8. The summed E-state index contributed by atoms with van der Waals surface area (Å²) in [5.41, 5.74) is 8.17. The Bertz CT molecular complexity index is 2080. The molecule has 0 saturated carbocycles. The van der Waals surface area contributed by atoms with Crippen LogP contribution in [0.5, 0.6) is 0 Å². The first-order valence-corrected chi connectivity index (χ1v) is 22.1. The maximum Gasteiger partial charge on any atom is 0.238 e. The Labute approximate surface area is 320 Å². The highest BCUT2D eigenvalue weighted by molar-refractivity contribution is 7.89. The van der Waals surface area contributed by atoms with Gasteiger partial charge in [0.25, 0.3) is 0 Å². The number of nitrogens with one attached hydrogen (secondary N) is 1. The van der Waals surface area contributed by atoms with E-state index in [9.17, 15) is 33.7 Å². The van der Waals surface area contributed by atoms with Gasteiger partial charge in [-0.1, -0.05) is 36.4 Å². The number of hydrogen-bond acceptors (Lipinski definition) is 9. The molecule has 0 fully saturated rings. The van der Waals surface area contributed by atoms with Gasteiger partial charge in [-0.05, 0) is 115 Å². The molecule has 0 aromatic heterocycles. The molecular formula is C32H51ClN6O8S5. The van der Waals surface area contributed by atoms with Gasteiger partial charge in [-0.25, -0.2) is 53.8 Å². The summed E-state index contributed by atoms with van der Waals surface area (Å²) in [6.07, 6.45) is 0. The number of nitrogens with two attached hydrogens (primary N) is 4. The van der Waals surface area contributed by atoms with Crippen molar-refractivity contribution in [3.05, 3.63) is 89.5 Å². The zero-order valence-corrected chi connectivity index (χ0v) is 35.5. The lowest BCUT2D eigenvalue weighted by Gasteiger charge is -2.22. The van der Waals surface area contributed by atoms with Gasteiger partial charge in [0.05, 0.1) is 40.9 Å². The van der Waals surface area contributed by atoms with Gasteiger partial charge in [-0.3, -0.25) is 0 Å². The largest absolute Gasteiger partial charge is 0.324 e. The Morgan fingerprint density at radius 2 is 1.06 bits per heavy atom. The van der Waals surface area contributed by atoms with Crippen molar-refractivity contribution < 1.29 is 33.7 Å². The Hall–Kier alpha value is -2.43. The van der Waals surface area contributed by atoms with E-state index in [-0.39, 0.29) is 43.9 Å². The number of nitrogens with zero attached hydrogens (tertiary/aromatic N) is 1. The molecule has 0 radical (unpaired) electrons. The van der Waals surface area contributed by atoms with Gasteiger partial charge in [-0.15, -0.1) is 12.4 Å². The number of hydrogen-bond donors (Lipinski definition) is 5. The second-order valence-corrected chi connectivity index (χ2v) is 21.9. The molecule has 4 atom stereocenters. The smallest absolute Gasteiger partial charge is 0.238 e. The Morgan fingerprint density at radius 3 is 1.44 bits per heavy atom. The Morgan fingerprint density at radius 1 is 0.673 bits per heavy atom. The van der Waals surface area contributed by atoms with Gasteiger partial charge in [0.1, 0.15) is 11.0 Å². The van der Waals surface area contributed by atoms with E-state index in [2.05, 4.69) is 9.12 Å². The molecule has 0 saturated heterocycles. The number of rotatable bonds is 9. The molecule has 0 aliphatic heterocycles. The molecular weight excluding hydrogens is 792 g/mol. The molecule has 0 heterocycles. The highest BCUT2D eigenvalue weighted by Gasteiger charge is 2.22. The van der Waals surface area contributed by atoms with Gasteiger partial charge in [0.2, 0.25) is 30.1 Å². The van der Waals surface area contributed by atoms with E-state index in [0.717, 1.165) is 11.1 Å². The van der Waals surface area contributed by atoms with Crippen molar-refractivity contribution in [3.63, 3.8) is 0 Å². The first-order chi connectivity index (χ1) is 22.9. The van der Waals surface area contributed by atoms with Gasteiger partial charge in [-0.2, -0.15) is 4.40 Å². The maximum absolute atomic E-state index is 12.0. The fourth-order valence-corrected chi connectivity index (χ4v) is 6.69. The zero-order valence-electron chi connectivity index (χ0n) is 30.6. The molecule has 294 valence electrons. The van der Waals surface area contributed by atoms with E-state index in [4.69, 9.17) is 21.2 Å². The van der Waals surface area contributed by atoms with Crippen LogP contribution in [0.4, 0.5) is 0 Å². The molecule has 52 heavy (non-hydrogen) atoms. The molecule has 0 aliphatic rings. The average molecular weight is 844 g/mol. The lowest BCUT2D eigenvalue weighted by molar-refractivity contribution is 0.595. The van der Waals surface area contributed by atoms with E-state index in [1.807, 2.05) is 48.5 Å². The Balaban J connectivity index is 0.000000757. The summed E-state index contributed by atoms with van der Waals surface area (Å²) in [7, 11) is -13.7. The number of primary sulfonamides is 3. The average Bonchev–Trinajstić information content (AvgIpc) is 2.99. The lowest BCUT2D eigenvalue weighted by atomic mass is 10.1. The number of sulfonamides is 3. The second-order valence-electron chi connectivity index (χ2n) is 13.4. The third-order valence-corrected chi connectivity index (χ3v) is 12.5. The summed E-state index contributed by atoms with van der Waals surface area (Å²) in [6, 6.07) is 18.3. The first-order valence-electron chi connectivity index (χ1n) is 15.2. The van der Waals surface area contributed by atoms with Crippen molar-refractivity contribution >= 4 is 70.2 Å². The van der Waals surface area contributed by atoms with E-state index in [0.29, 0.717) is 11.3 Å². The van der Waals surface area contributed by atoms with Crippen molar-refractivity contribution in [3.8, 4) is 0 Å². The van der Waals surface area contributed by atoms with Gasteiger partial charge < -0.3 is 5.73 Å². The van der Waals surface area contributed by atoms with Crippen LogP contribution in [0.25, 0.3) is 0 Å². The SMILES string of the molecule is CC(=N[S@@](=O)C(C)(C)C)c1cccc(S(N)(=O)=O)c1.C[C@H](N)c1cccc(S(N)(=O)=O)c1.C[C@H](N[S@@](=O)C(C)(C)C)c1cccc(S(N)(=O)=O)c1.Cl. The molecule has 0 spiro atoms. The molecule has 20 heteroatoms. The van der Waals surface area contributed by atoms with Crippen molar-refractivity contribution in [2.45, 2.75) is 98.6 Å². The van der Waals surface area contributed by atoms with E-state index in [1.54, 1.807) is 50.2 Å². The summed E-state index contributed by atoms with van der Waals surface area (Å²) in [6.45, 7) is 16.3. The monoisotopic (exact) mass is 842 g/mol. The van der Waals surface area contributed by atoms with Crippen molar-refractivity contribution in [2.75, 3.05) is 0 Å². The van der Waals surface area contributed by atoms with Crippen LogP contribution in [-0.4, -0.2) is 48.9 Å². The first kappa shape index (κ1) is 49.6.